The minimum absolute atomic E-state index is 0.0224. The van der Waals surface area contributed by atoms with Crippen molar-refractivity contribution < 1.29 is 18.7 Å². The Morgan fingerprint density at radius 3 is 2.52 bits per heavy atom. The Morgan fingerprint density at radius 1 is 1.07 bits per heavy atom. The number of nitrogens with zero attached hydrogens (tertiary/aromatic N) is 2. The van der Waals surface area contributed by atoms with Gasteiger partial charge in [-0.05, 0) is 30.2 Å². The van der Waals surface area contributed by atoms with E-state index in [0.717, 1.165) is 11.1 Å². The summed E-state index contributed by atoms with van der Waals surface area (Å²) < 4.78 is 19.6. The lowest BCUT2D eigenvalue weighted by Crippen LogP contribution is -2.37. The molecule has 3 atom stereocenters. The lowest BCUT2D eigenvalue weighted by Gasteiger charge is -2.30. The number of amides is 2. The van der Waals surface area contributed by atoms with Crippen LogP contribution in [0.2, 0.25) is 0 Å². The molecule has 0 unspecified atom stereocenters. The summed E-state index contributed by atoms with van der Waals surface area (Å²) in [6.07, 6.45) is 0. The third-order valence-corrected chi connectivity index (χ3v) is 6.27. The molecule has 2 heterocycles. The highest BCUT2D eigenvalue weighted by molar-refractivity contribution is 5.97. The smallest absolute Gasteiger partial charge is 0.260 e. The average molecular weight is 396 g/mol. The summed E-state index contributed by atoms with van der Waals surface area (Å²) in [6, 6.07) is 12.4. The van der Waals surface area contributed by atoms with Gasteiger partial charge in [0.2, 0.25) is 5.91 Å². The van der Waals surface area contributed by atoms with Gasteiger partial charge in [-0.2, -0.15) is 0 Å². The zero-order valence-electron chi connectivity index (χ0n) is 16.9. The van der Waals surface area contributed by atoms with E-state index in [4.69, 9.17) is 4.74 Å². The molecule has 0 radical (unpaired) electrons. The van der Waals surface area contributed by atoms with E-state index in [9.17, 15) is 14.0 Å². The number of benzene rings is 2. The lowest BCUT2D eigenvalue weighted by atomic mass is 9.87. The molecular formula is C23H25FN2O3. The maximum Gasteiger partial charge on any atom is 0.260 e. The van der Waals surface area contributed by atoms with E-state index >= 15 is 0 Å². The lowest BCUT2D eigenvalue weighted by molar-refractivity contribution is -0.130. The number of halogens is 1. The van der Waals surface area contributed by atoms with Crippen molar-refractivity contribution in [3.63, 3.8) is 0 Å². The van der Waals surface area contributed by atoms with Crippen LogP contribution in [0.15, 0.2) is 42.5 Å². The van der Waals surface area contributed by atoms with Crippen molar-refractivity contribution in [2.24, 2.45) is 11.8 Å². The third-order valence-electron chi connectivity index (χ3n) is 6.27. The van der Waals surface area contributed by atoms with E-state index < -0.39 is 5.82 Å². The Hall–Kier alpha value is -2.89. The summed E-state index contributed by atoms with van der Waals surface area (Å²) in [6.45, 7) is 5.25. The molecule has 2 aliphatic heterocycles. The first kappa shape index (κ1) is 19.4. The Morgan fingerprint density at radius 2 is 1.83 bits per heavy atom. The van der Waals surface area contributed by atoms with E-state index in [1.54, 1.807) is 17.9 Å². The van der Waals surface area contributed by atoms with Crippen LogP contribution >= 0.6 is 0 Å². The Bertz CT molecular complexity index is 961. The fourth-order valence-corrected chi connectivity index (χ4v) is 4.89. The Kier molecular flexibility index (Phi) is 5.03. The summed E-state index contributed by atoms with van der Waals surface area (Å²) in [5, 5.41) is 0. The van der Waals surface area contributed by atoms with Crippen LogP contribution in [0.25, 0.3) is 0 Å². The number of carbonyl (C=O) groups excluding carboxylic acids is 2. The molecule has 152 valence electrons. The average Bonchev–Trinajstić information content (AvgIpc) is 3.26. The summed E-state index contributed by atoms with van der Waals surface area (Å²) in [5.41, 5.74) is 2.23. The molecule has 0 saturated carbocycles. The third kappa shape index (κ3) is 3.26. The largest absolute Gasteiger partial charge is 0.496 e. The van der Waals surface area contributed by atoms with Crippen LogP contribution in [0, 0.1) is 24.6 Å². The number of aryl methyl sites for hydroxylation is 1. The minimum atomic E-state index is -0.577. The van der Waals surface area contributed by atoms with Crippen molar-refractivity contribution in [1.82, 2.24) is 9.80 Å². The highest BCUT2D eigenvalue weighted by Gasteiger charge is 2.50. The van der Waals surface area contributed by atoms with Gasteiger partial charge in [0.25, 0.3) is 5.91 Å². The molecule has 29 heavy (non-hydrogen) atoms. The van der Waals surface area contributed by atoms with Crippen LogP contribution in [0.4, 0.5) is 4.39 Å². The van der Waals surface area contributed by atoms with Gasteiger partial charge in [-0.1, -0.05) is 30.3 Å². The summed E-state index contributed by atoms with van der Waals surface area (Å²) in [7, 11) is 1.43. The highest BCUT2D eigenvalue weighted by Crippen LogP contribution is 2.46. The van der Waals surface area contributed by atoms with E-state index in [-0.39, 0.29) is 41.0 Å². The van der Waals surface area contributed by atoms with Gasteiger partial charge in [-0.3, -0.25) is 9.59 Å². The van der Waals surface area contributed by atoms with Crippen LogP contribution in [-0.2, 0) is 4.79 Å². The van der Waals surface area contributed by atoms with E-state index in [0.29, 0.717) is 19.6 Å². The van der Waals surface area contributed by atoms with Crippen LogP contribution in [0.3, 0.4) is 0 Å². The van der Waals surface area contributed by atoms with Crippen LogP contribution in [0.1, 0.15) is 34.5 Å². The molecular weight excluding hydrogens is 371 g/mol. The molecule has 0 spiro atoms. The molecule has 4 rings (SSSR count). The zero-order chi connectivity index (χ0) is 20.7. The number of hydrogen-bond donors (Lipinski definition) is 0. The summed E-state index contributed by atoms with van der Waals surface area (Å²) >= 11 is 0. The SMILES string of the molecule is COc1cccc(F)c1C(=O)N1C[C@@H]2CN(C(C)=O)[C@@H](c3ccccc3C)[C@@H]2C1. The van der Waals surface area contributed by atoms with Gasteiger partial charge in [0.15, 0.2) is 0 Å². The number of methoxy groups -OCH3 is 1. The molecule has 2 amide bonds. The predicted molar refractivity (Wildman–Crippen MR) is 107 cm³/mol. The summed E-state index contributed by atoms with van der Waals surface area (Å²) in [4.78, 5) is 29.1. The molecule has 0 aliphatic carbocycles. The van der Waals surface area contributed by atoms with Crippen molar-refractivity contribution in [3.8, 4) is 5.75 Å². The second-order valence-electron chi connectivity index (χ2n) is 7.92. The quantitative estimate of drug-likeness (QED) is 0.799. The molecule has 0 N–H and O–H groups in total. The maximum atomic E-state index is 14.4. The number of carbonyl (C=O) groups is 2. The van der Waals surface area contributed by atoms with E-state index in [2.05, 4.69) is 6.07 Å². The monoisotopic (exact) mass is 396 g/mol. The van der Waals surface area contributed by atoms with Gasteiger partial charge >= 0.3 is 0 Å². The van der Waals surface area contributed by atoms with E-state index in [1.165, 1.54) is 19.2 Å². The summed E-state index contributed by atoms with van der Waals surface area (Å²) in [5.74, 6) is -0.347. The van der Waals surface area contributed by atoms with Gasteiger partial charge in [0.1, 0.15) is 17.1 Å². The van der Waals surface area contributed by atoms with Crippen molar-refractivity contribution in [1.29, 1.82) is 0 Å². The fraction of sp³-hybridized carbons (Fsp3) is 0.391. The van der Waals surface area contributed by atoms with Gasteiger partial charge in [-0.25, -0.2) is 4.39 Å². The molecule has 2 saturated heterocycles. The second kappa shape index (κ2) is 7.50. The number of rotatable bonds is 3. The fourth-order valence-electron chi connectivity index (χ4n) is 4.89. The number of likely N-dealkylation sites (tertiary alicyclic amines) is 2. The minimum Gasteiger partial charge on any atom is -0.496 e. The van der Waals surface area contributed by atoms with Crippen LogP contribution in [-0.4, -0.2) is 48.4 Å². The van der Waals surface area contributed by atoms with Crippen LogP contribution < -0.4 is 4.74 Å². The van der Waals surface area contributed by atoms with Gasteiger partial charge in [0, 0.05) is 38.4 Å². The topological polar surface area (TPSA) is 49.9 Å². The molecule has 2 aliphatic rings. The normalized spacial score (nSPS) is 23.2. The highest BCUT2D eigenvalue weighted by atomic mass is 19.1. The van der Waals surface area contributed by atoms with Crippen molar-refractivity contribution >= 4 is 11.8 Å². The molecule has 2 aromatic rings. The molecule has 5 nitrogen and oxygen atoms in total. The second-order valence-corrected chi connectivity index (χ2v) is 7.92. The molecule has 2 aromatic carbocycles. The van der Waals surface area contributed by atoms with Crippen molar-refractivity contribution in [3.05, 3.63) is 65.0 Å². The van der Waals surface area contributed by atoms with Gasteiger partial charge in [0.05, 0.1) is 13.2 Å². The standard InChI is InChI=1S/C23H25FN2O3/c1-14-7-4-5-8-17(14)22-18-13-25(11-16(18)12-26(22)15(2)27)23(28)21-19(24)9-6-10-20(21)29-3/h4-10,16,18,22H,11-13H2,1-3H3/t16-,18-,22+/m1/s1. The Balaban J connectivity index is 1.64. The first-order valence-corrected chi connectivity index (χ1v) is 9.87. The van der Waals surface area contributed by atoms with Crippen molar-refractivity contribution in [2.75, 3.05) is 26.7 Å². The maximum absolute atomic E-state index is 14.4. The van der Waals surface area contributed by atoms with Crippen LogP contribution in [0.5, 0.6) is 5.75 Å². The number of ether oxygens (including phenoxy) is 1. The first-order valence-electron chi connectivity index (χ1n) is 9.87. The zero-order valence-corrected chi connectivity index (χ0v) is 16.9. The molecule has 0 aromatic heterocycles. The molecule has 6 heteroatoms. The first-order chi connectivity index (χ1) is 13.9. The van der Waals surface area contributed by atoms with Gasteiger partial charge in [-0.15, -0.1) is 0 Å². The Labute approximate surface area is 170 Å². The predicted octanol–water partition coefficient (Wildman–Crippen LogP) is 3.43. The van der Waals surface area contributed by atoms with Gasteiger partial charge < -0.3 is 14.5 Å². The van der Waals surface area contributed by atoms with Crippen molar-refractivity contribution in [2.45, 2.75) is 19.9 Å². The molecule has 0 bridgehead atoms. The number of fused-ring (bicyclic) bond motifs is 1. The van der Waals surface area contributed by atoms with E-state index in [1.807, 2.05) is 30.0 Å². The number of hydrogen-bond acceptors (Lipinski definition) is 3. The molecule has 2 fully saturated rings.